The standard InChI is InChI=1S/C18H17N5O/c1-12-4-3-5-16(10-12)21-18-22-17(11-19-23-18)20-15-8-6-14(7-9-15)13(2)24/h3-11H,1-2H3,(H2,20,21,22,23). The summed E-state index contributed by atoms with van der Waals surface area (Å²) >= 11 is 0. The lowest BCUT2D eigenvalue weighted by atomic mass is 10.1. The van der Waals surface area contributed by atoms with Gasteiger partial charge in [0.05, 0.1) is 6.20 Å². The fourth-order valence-corrected chi connectivity index (χ4v) is 2.20. The van der Waals surface area contributed by atoms with Gasteiger partial charge in [-0.25, -0.2) is 0 Å². The number of aryl methyl sites for hydroxylation is 1. The van der Waals surface area contributed by atoms with Gasteiger partial charge in [-0.2, -0.15) is 10.1 Å². The summed E-state index contributed by atoms with van der Waals surface area (Å²) in [6.45, 7) is 3.56. The Kier molecular flexibility index (Phi) is 4.47. The molecule has 0 unspecified atom stereocenters. The Labute approximate surface area is 140 Å². The van der Waals surface area contributed by atoms with E-state index in [1.807, 2.05) is 43.3 Å². The largest absolute Gasteiger partial charge is 0.339 e. The van der Waals surface area contributed by atoms with Gasteiger partial charge < -0.3 is 10.6 Å². The first kappa shape index (κ1) is 15.6. The number of hydrogen-bond acceptors (Lipinski definition) is 6. The number of Topliss-reactive ketones (excluding diaryl/α,β-unsaturated/α-hetero) is 1. The van der Waals surface area contributed by atoms with Crippen molar-refractivity contribution in [3.63, 3.8) is 0 Å². The number of hydrogen-bond donors (Lipinski definition) is 2. The molecule has 2 N–H and O–H groups in total. The molecule has 0 atom stereocenters. The number of nitrogens with zero attached hydrogens (tertiary/aromatic N) is 3. The van der Waals surface area contributed by atoms with Gasteiger partial charge in [0.2, 0.25) is 5.95 Å². The number of ketones is 1. The zero-order valence-corrected chi connectivity index (χ0v) is 13.4. The first-order chi connectivity index (χ1) is 11.6. The van der Waals surface area contributed by atoms with E-state index in [-0.39, 0.29) is 5.78 Å². The summed E-state index contributed by atoms with van der Waals surface area (Å²) in [6, 6.07) is 15.1. The van der Waals surface area contributed by atoms with Gasteiger partial charge in [0, 0.05) is 16.9 Å². The average Bonchev–Trinajstić information content (AvgIpc) is 2.56. The van der Waals surface area contributed by atoms with Crippen LogP contribution in [0.4, 0.5) is 23.1 Å². The minimum absolute atomic E-state index is 0.0369. The molecule has 0 aliphatic carbocycles. The molecule has 24 heavy (non-hydrogen) atoms. The van der Waals surface area contributed by atoms with Crippen LogP contribution in [0.2, 0.25) is 0 Å². The molecular formula is C18H17N5O. The maximum Gasteiger partial charge on any atom is 0.249 e. The molecule has 1 aromatic heterocycles. The molecule has 6 heteroatoms. The molecule has 0 bridgehead atoms. The monoisotopic (exact) mass is 319 g/mol. The van der Waals surface area contributed by atoms with Gasteiger partial charge in [0.25, 0.3) is 0 Å². The van der Waals surface area contributed by atoms with E-state index >= 15 is 0 Å². The summed E-state index contributed by atoms with van der Waals surface area (Å²) in [6.07, 6.45) is 1.54. The SMILES string of the molecule is CC(=O)c1ccc(Nc2cnnc(Nc3cccc(C)c3)n2)cc1. The third-order valence-electron chi connectivity index (χ3n) is 3.40. The number of nitrogens with one attached hydrogen (secondary N) is 2. The van der Waals surface area contributed by atoms with E-state index in [2.05, 4.69) is 25.8 Å². The lowest BCUT2D eigenvalue weighted by Gasteiger charge is -2.08. The second-order valence-electron chi connectivity index (χ2n) is 5.42. The Morgan fingerprint density at radius 1 is 1.00 bits per heavy atom. The molecule has 0 saturated carbocycles. The molecule has 0 fully saturated rings. The van der Waals surface area contributed by atoms with Crippen LogP contribution in [-0.4, -0.2) is 21.0 Å². The molecular weight excluding hydrogens is 302 g/mol. The van der Waals surface area contributed by atoms with E-state index in [9.17, 15) is 4.79 Å². The highest BCUT2D eigenvalue weighted by molar-refractivity contribution is 5.94. The topological polar surface area (TPSA) is 79.8 Å². The first-order valence-corrected chi connectivity index (χ1v) is 7.51. The van der Waals surface area contributed by atoms with E-state index in [0.29, 0.717) is 17.3 Å². The summed E-state index contributed by atoms with van der Waals surface area (Å²) in [5.41, 5.74) is 3.54. The van der Waals surface area contributed by atoms with Crippen LogP contribution >= 0.6 is 0 Å². The smallest absolute Gasteiger partial charge is 0.249 e. The molecule has 3 rings (SSSR count). The molecule has 0 spiro atoms. The number of carbonyl (C=O) groups excluding carboxylic acids is 1. The normalized spacial score (nSPS) is 10.2. The molecule has 1 heterocycles. The van der Waals surface area contributed by atoms with Crippen LogP contribution in [0.15, 0.2) is 54.7 Å². The van der Waals surface area contributed by atoms with Crippen molar-refractivity contribution >= 4 is 28.9 Å². The van der Waals surface area contributed by atoms with E-state index < -0.39 is 0 Å². The van der Waals surface area contributed by atoms with Crippen molar-refractivity contribution in [3.8, 4) is 0 Å². The minimum atomic E-state index is 0.0369. The van der Waals surface area contributed by atoms with Crippen molar-refractivity contribution in [2.75, 3.05) is 10.6 Å². The highest BCUT2D eigenvalue weighted by Gasteiger charge is 2.03. The average molecular weight is 319 g/mol. The van der Waals surface area contributed by atoms with Crippen molar-refractivity contribution in [3.05, 3.63) is 65.9 Å². The number of aromatic nitrogens is 3. The molecule has 0 aliphatic heterocycles. The van der Waals surface area contributed by atoms with Crippen LogP contribution in [-0.2, 0) is 0 Å². The van der Waals surface area contributed by atoms with Gasteiger partial charge in [-0.15, -0.1) is 5.10 Å². The van der Waals surface area contributed by atoms with Crippen LogP contribution in [0.25, 0.3) is 0 Å². The van der Waals surface area contributed by atoms with Gasteiger partial charge in [-0.1, -0.05) is 12.1 Å². The first-order valence-electron chi connectivity index (χ1n) is 7.51. The summed E-state index contributed by atoms with van der Waals surface area (Å²) in [4.78, 5) is 15.7. The Balaban J connectivity index is 1.74. The molecule has 6 nitrogen and oxygen atoms in total. The molecule has 2 aromatic carbocycles. The van der Waals surface area contributed by atoms with Crippen molar-refractivity contribution in [2.45, 2.75) is 13.8 Å². The Morgan fingerprint density at radius 3 is 2.50 bits per heavy atom. The van der Waals surface area contributed by atoms with Crippen molar-refractivity contribution in [2.24, 2.45) is 0 Å². The summed E-state index contributed by atoms with van der Waals surface area (Å²) in [5.74, 6) is 1.01. The lowest BCUT2D eigenvalue weighted by molar-refractivity contribution is 0.101. The van der Waals surface area contributed by atoms with Gasteiger partial charge in [-0.05, 0) is 55.8 Å². The van der Waals surface area contributed by atoms with E-state index in [0.717, 1.165) is 16.9 Å². The third-order valence-corrected chi connectivity index (χ3v) is 3.40. The van der Waals surface area contributed by atoms with Crippen LogP contribution in [0.3, 0.4) is 0 Å². The lowest BCUT2D eigenvalue weighted by Crippen LogP contribution is -2.02. The number of carbonyl (C=O) groups is 1. The quantitative estimate of drug-likeness (QED) is 0.695. The van der Waals surface area contributed by atoms with Crippen molar-refractivity contribution in [1.29, 1.82) is 0 Å². The van der Waals surface area contributed by atoms with Gasteiger partial charge in [0.1, 0.15) is 0 Å². The second kappa shape index (κ2) is 6.87. The van der Waals surface area contributed by atoms with E-state index in [1.165, 1.54) is 0 Å². The summed E-state index contributed by atoms with van der Waals surface area (Å²) < 4.78 is 0. The maximum atomic E-state index is 11.3. The van der Waals surface area contributed by atoms with Crippen LogP contribution < -0.4 is 10.6 Å². The third kappa shape index (κ3) is 3.92. The van der Waals surface area contributed by atoms with Crippen LogP contribution in [0.5, 0.6) is 0 Å². The van der Waals surface area contributed by atoms with Gasteiger partial charge >= 0.3 is 0 Å². The Bertz CT molecular complexity index is 861. The zero-order valence-electron chi connectivity index (χ0n) is 13.4. The minimum Gasteiger partial charge on any atom is -0.339 e. The second-order valence-corrected chi connectivity index (χ2v) is 5.42. The highest BCUT2D eigenvalue weighted by atomic mass is 16.1. The molecule has 0 radical (unpaired) electrons. The van der Waals surface area contributed by atoms with E-state index in [1.54, 1.807) is 25.3 Å². The highest BCUT2D eigenvalue weighted by Crippen LogP contribution is 2.18. The Hall–Kier alpha value is -3.28. The molecule has 120 valence electrons. The number of anilines is 4. The van der Waals surface area contributed by atoms with Crippen LogP contribution in [0.1, 0.15) is 22.8 Å². The fraction of sp³-hybridized carbons (Fsp3) is 0.111. The van der Waals surface area contributed by atoms with Gasteiger partial charge in [-0.3, -0.25) is 4.79 Å². The zero-order chi connectivity index (χ0) is 16.9. The maximum absolute atomic E-state index is 11.3. The van der Waals surface area contributed by atoms with Crippen LogP contribution in [0, 0.1) is 6.92 Å². The predicted octanol–water partition coefficient (Wildman–Crippen LogP) is 3.87. The van der Waals surface area contributed by atoms with Crippen molar-refractivity contribution < 1.29 is 4.79 Å². The van der Waals surface area contributed by atoms with E-state index in [4.69, 9.17) is 0 Å². The number of rotatable bonds is 5. The molecule has 3 aromatic rings. The molecule has 0 saturated heterocycles. The Morgan fingerprint density at radius 2 is 1.79 bits per heavy atom. The summed E-state index contributed by atoms with van der Waals surface area (Å²) in [5, 5.41) is 14.2. The van der Waals surface area contributed by atoms with Gasteiger partial charge in [0.15, 0.2) is 11.6 Å². The predicted molar refractivity (Wildman–Crippen MR) is 94.0 cm³/mol. The fourth-order valence-electron chi connectivity index (χ4n) is 2.20. The van der Waals surface area contributed by atoms with Crippen molar-refractivity contribution in [1.82, 2.24) is 15.2 Å². The molecule has 0 amide bonds. The summed E-state index contributed by atoms with van der Waals surface area (Å²) in [7, 11) is 0. The number of benzene rings is 2. The molecule has 0 aliphatic rings.